The Hall–Kier alpha value is -0.130. The van der Waals surface area contributed by atoms with Crippen LogP contribution in [0.2, 0.25) is 0 Å². The topological polar surface area (TPSA) is 21.3 Å². The van der Waals surface area contributed by atoms with E-state index in [4.69, 9.17) is 4.74 Å². The fourth-order valence-electron chi connectivity index (χ4n) is 1.23. The lowest BCUT2D eigenvalue weighted by molar-refractivity contribution is 0.171. The first-order valence-electron chi connectivity index (χ1n) is 4.69. The van der Waals surface area contributed by atoms with Gasteiger partial charge in [0.25, 0.3) is 0 Å². The van der Waals surface area contributed by atoms with E-state index in [-0.39, 0.29) is 0 Å². The second-order valence-corrected chi connectivity index (χ2v) is 4.49. The predicted molar refractivity (Wildman–Crippen MR) is 67.3 cm³/mol. The number of hydrogen-bond donors (Lipinski definition) is 1. The van der Waals surface area contributed by atoms with Crippen LogP contribution in [0, 0.1) is 3.57 Å². The number of benzene rings is 1. The SMILES string of the molecule is COCC(C)NCc1ccccc1I. The zero-order valence-corrected chi connectivity index (χ0v) is 10.7. The van der Waals surface area contributed by atoms with Gasteiger partial charge in [-0.1, -0.05) is 18.2 Å². The number of hydrogen-bond acceptors (Lipinski definition) is 2. The minimum absolute atomic E-state index is 0.399. The van der Waals surface area contributed by atoms with E-state index in [1.165, 1.54) is 9.13 Å². The quantitative estimate of drug-likeness (QED) is 0.844. The van der Waals surface area contributed by atoms with Gasteiger partial charge < -0.3 is 10.1 Å². The van der Waals surface area contributed by atoms with Crippen molar-refractivity contribution >= 4 is 22.6 Å². The van der Waals surface area contributed by atoms with E-state index in [1.807, 2.05) is 0 Å². The molecule has 1 unspecified atom stereocenters. The van der Waals surface area contributed by atoms with E-state index < -0.39 is 0 Å². The van der Waals surface area contributed by atoms with Gasteiger partial charge in [-0.25, -0.2) is 0 Å². The van der Waals surface area contributed by atoms with Gasteiger partial charge in [0, 0.05) is 23.3 Å². The van der Waals surface area contributed by atoms with Gasteiger partial charge in [-0.3, -0.25) is 0 Å². The highest BCUT2D eigenvalue weighted by atomic mass is 127. The van der Waals surface area contributed by atoms with Crippen LogP contribution >= 0.6 is 22.6 Å². The van der Waals surface area contributed by atoms with Crippen LogP contribution in [-0.4, -0.2) is 19.8 Å². The molecule has 0 aliphatic carbocycles. The summed E-state index contributed by atoms with van der Waals surface area (Å²) in [4.78, 5) is 0. The van der Waals surface area contributed by atoms with Crippen molar-refractivity contribution in [1.29, 1.82) is 0 Å². The van der Waals surface area contributed by atoms with Gasteiger partial charge in [0.2, 0.25) is 0 Å². The van der Waals surface area contributed by atoms with Crippen LogP contribution in [0.25, 0.3) is 0 Å². The molecule has 0 aliphatic rings. The molecule has 0 spiro atoms. The molecule has 1 aromatic rings. The van der Waals surface area contributed by atoms with E-state index >= 15 is 0 Å². The first kappa shape index (κ1) is 11.9. The molecule has 0 aliphatic heterocycles. The Bertz CT molecular complexity index is 278. The summed E-state index contributed by atoms with van der Waals surface area (Å²) in [5, 5.41) is 3.41. The number of halogens is 1. The van der Waals surface area contributed by atoms with Gasteiger partial charge in [0.15, 0.2) is 0 Å². The molecule has 1 aromatic carbocycles. The van der Waals surface area contributed by atoms with Gasteiger partial charge in [0.1, 0.15) is 0 Å². The van der Waals surface area contributed by atoms with Gasteiger partial charge >= 0.3 is 0 Å². The maximum atomic E-state index is 5.06. The van der Waals surface area contributed by atoms with E-state index in [9.17, 15) is 0 Å². The molecule has 2 nitrogen and oxygen atoms in total. The van der Waals surface area contributed by atoms with Gasteiger partial charge in [-0.2, -0.15) is 0 Å². The Morgan fingerprint density at radius 1 is 1.43 bits per heavy atom. The first-order valence-corrected chi connectivity index (χ1v) is 5.77. The highest BCUT2D eigenvalue weighted by Gasteiger charge is 2.02. The van der Waals surface area contributed by atoms with Crippen molar-refractivity contribution in [2.45, 2.75) is 19.5 Å². The van der Waals surface area contributed by atoms with Crippen molar-refractivity contribution in [2.24, 2.45) is 0 Å². The molecule has 0 aromatic heterocycles. The van der Waals surface area contributed by atoms with Crippen LogP contribution in [0.3, 0.4) is 0 Å². The molecule has 1 N–H and O–H groups in total. The van der Waals surface area contributed by atoms with Crippen LogP contribution in [0.1, 0.15) is 12.5 Å². The van der Waals surface area contributed by atoms with E-state index in [1.54, 1.807) is 7.11 Å². The monoisotopic (exact) mass is 305 g/mol. The van der Waals surface area contributed by atoms with Crippen molar-refractivity contribution < 1.29 is 4.74 Å². The molecule has 1 rings (SSSR count). The van der Waals surface area contributed by atoms with Crippen molar-refractivity contribution in [3.63, 3.8) is 0 Å². The molecule has 3 heteroatoms. The average Bonchev–Trinajstić information content (AvgIpc) is 2.17. The van der Waals surface area contributed by atoms with Crippen molar-refractivity contribution in [3.8, 4) is 0 Å². The summed E-state index contributed by atoms with van der Waals surface area (Å²) in [6.45, 7) is 3.78. The maximum absolute atomic E-state index is 5.06. The molecule has 0 heterocycles. The van der Waals surface area contributed by atoms with Gasteiger partial charge in [-0.15, -0.1) is 0 Å². The van der Waals surface area contributed by atoms with E-state index in [2.05, 4.69) is 59.1 Å². The van der Waals surface area contributed by atoms with Gasteiger partial charge in [0.05, 0.1) is 6.61 Å². The molecule has 0 radical (unpaired) electrons. The third-order valence-electron chi connectivity index (χ3n) is 2.02. The zero-order valence-electron chi connectivity index (χ0n) is 8.59. The second kappa shape index (κ2) is 6.37. The molecular formula is C11H16INO. The van der Waals surface area contributed by atoms with E-state index in [0.29, 0.717) is 6.04 Å². The van der Waals surface area contributed by atoms with Crippen LogP contribution in [-0.2, 0) is 11.3 Å². The summed E-state index contributed by atoms with van der Waals surface area (Å²) in [7, 11) is 1.73. The minimum Gasteiger partial charge on any atom is -0.383 e. The number of ether oxygens (including phenoxy) is 1. The zero-order chi connectivity index (χ0) is 10.4. The molecule has 78 valence electrons. The molecule has 0 saturated heterocycles. The molecule has 0 amide bonds. The molecule has 14 heavy (non-hydrogen) atoms. The average molecular weight is 305 g/mol. The summed E-state index contributed by atoms with van der Waals surface area (Å²) in [5.41, 5.74) is 1.34. The predicted octanol–water partition coefficient (Wildman–Crippen LogP) is 2.42. The number of nitrogens with one attached hydrogen (secondary N) is 1. The van der Waals surface area contributed by atoms with Crippen molar-refractivity contribution in [2.75, 3.05) is 13.7 Å². The summed E-state index contributed by atoms with van der Waals surface area (Å²) in [5.74, 6) is 0. The fourth-order valence-corrected chi connectivity index (χ4v) is 1.81. The summed E-state index contributed by atoms with van der Waals surface area (Å²) in [6, 6.07) is 8.80. The fraction of sp³-hybridized carbons (Fsp3) is 0.455. The van der Waals surface area contributed by atoms with Crippen LogP contribution < -0.4 is 5.32 Å². The molecule has 0 fully saturated rings. The largest absolute Gasteiger partial charge is 0.383 e. The number of rotatable bonds is 5. The molecule has 0 saturated carbocycles. The lowest BCUT2D eigenvalue weighted by Crippen LogP contribution is -2.29. The van der Waals surface area contributed by atoms with Crippen LogP contribution in [0.15, 0.2) is 24.3 Å². The minimum atomic E-state index is 0.399. The highest BCUT2D eigenvalue weighted by molar-refractivity contribution is 14.1. The third-order valence-corrected chi connectivity index (χ3v) is 3.07. The van der Waals surface area contributed by atoms with Crippen LogP contribution in [0.4, 0.5) is 0 Å². The molecular weight excluding hydrogens is 289 g/mol. The number of methoxy groups -OCH3 is 1. The first-order chi connectivity index (χ1) is 6.74. The Morgan fingerprint density at radius 2 is 2.14 bits per heavy atom. The third kappa shape index (κ3) is 3.94. The lowest BCUT2D eigenvalue weighted by Gasteiger charge is -2.13. The Balaban J connectivity index is 2.41. The van der Waals surface area contributed by atoms with Gasteiger partial charge in [-0.05, 0) is 41.1 Å². The van der Waals surface area contributed by atoms with Crippen molar-refractivity contribution in [3.05, 3.63) is 33.4 Å². The highest BCUT2D eigenvalue weighted by Crippen LogP contribution is 2.10. The lowest BCUT2D eigenvalue weighted by atomic mass is 10.2. The summed E-state index contributed by atoms with van der Waals surface area (Å²) < 4.78 is 6.37. The van der Waals surface area contributed by atoms with Crippen molar-refractivity contribution in [1.82, 2.24) is 5.32 Å². The smallest absolute Gasteiger partial charge is 0.0613 e. The maximum Gasteiger partial charge on any atom is 0.0613 e. The van der Waals surface area contributed by atoms with E-state index in [0.717, 1.165) is 13.2 Å². The normalized spacial score (nSPS) is 12.8. The summed E-state index contributed by atoms with van der Waals surface area (Å²) >= 11 is 2.36. The molecule has 0 bridgehead atoms. The summed E-state index contributed by atoms with van der Waals surface area (Å²) in [6.07, 6.45) is 0. The van der Waals surface area contributed by atoms with Crippen LogP contribution in [0.5, 0.6) is 0 Å². The Labute approximate surface area is 99.2 Å². The Kier molecular flexibility index (Phi) is 5.44. The molecule has 1 atom stereocenters. The second-order valence-electron chi connectivity index (χ2n) is 3.33. The Morgan fingerprint density at radius 3 is 2.79 bits per heavy atom. The standard InChI is InChI=1S/C11H16INO/c1-9(8-14-2)13-7-10-5-3-4-6-11(10)12/h3-6,9,13H,7-8H2,1-2H3.